The molecule has 2 heterocycles. The van der Waals surface area contributed by atoms with Gasteiger partial charge in [-0.2, -0.15) is 9.57 Å². The number of aromatic nitrogens is 2. The second-order valence-corrected chi connectivity index (χ2v) is 8.58. The van der Waals surface area contributed by atoms with E-state index >= 15 is 0 Å². The molecule has 1 saturated heterocycles. The average molecular weight is 350 g/mol. The number of sulfonamides is 1. The molecule has 1 unspecified atom stereocenters. The first-order chi connectivity index (χ1) is 11.6. The molecule has 0 aromatic carbocycles. The van der Waals surface area contributed by atoms with Gasteiger partial charge in [-0.05, 0) is 25.7 Å². The van der Waals surface area contributed by atoms with Crippen LogP contribution in [0.1, 0.15) is 50.6 Å². The maximum atomic E-state index is 12.9. The number of rotatable bonds is 4. The lowest BCUT2D eigenvalue weighted by Crippen LogP contribution is -2.48. The molecule has 1 saturated carbocycles. The molecule has 0 amide bonds. The standard InChI is InChI=1S/C16H22N4O3S/c17-11-15-16(19-9-8-18-15)23-13-5-4-10-20(12-13)24(21,22)14-6-2-1-3-7-14/h8-9,13-14H,1-7,10,12H2. The van der Waals surface area contributed by atoms with Gasteiger partial charge in [0.15, 0.2) is 0 Å². The van der Waals surface area contributed by atoms with Gasteiger partial charge in [-0.15, -0.1) is 0 Å². The van der Waals surface area contributed by atoms with Crippen LogP contribution in [0.25, 0.3) is 0 Å². The number of hydrogen-bond donors (Lipinski definition) is 0. The first kappa shape index (κ1) is 17.1. The highest BCUT2D eigenvalue weighted by molar-refractivity contribution is 7.89. The minimum absolute atomic E-state index is 0.129. The SMILES string of the molecule is N#Cc1nccnc1OC1CCCN(S(=O)(=O)C2CCCCC2)C1. The summed E-state index contributed by atoms with van der Waals surface area (Å²) in [6.45, 7) is 0.866. The Morgan fingerprint density at radius 2 is 1.88 bits per heavy atom. The highest BCUT2D eigenvalue weighted by atomic mass is 32.2. The van der Waals surface area contributed by atoms with Crippen molar-refractivity contribution in [1.82, 2.24) is 14.3 Å². The Morgan fingerprint density at radius 3 is 2.62 bits per heavy atom. The average Bonchev–Trinajstić information content (AvgIpc) is 2.63. The van der Waals surface area contributed by atoms with Crippen LogP contribution < -0.4 is 4.74 Å². The van der Waals surface area contributed by atoms with Crippen molar-refractivity contribution in [1.29, 1.82) is 5.26 Å². The third-order valence-corrected chi connectivity index (χ3v) is 7.09. The maximum Gasteiger partial charge on any atom is 0.251 e. The molecule has 7 nitrogen and oxygen atoms in total. The second-order valence-electron chi connectivity index (χ2n) is 6.37. The van der Waals surface area contributed by atoms with Gasteiger partial charge < -0.3 is 4.74 Å². The van der Waals surface area contributed by atoms with E-state index in [1.54, 1.807) is 4.31 Å². The first-order valence-corrected chi connectivity index (χ1v) is 9.98. The van der Waals surface area contributed by atoms with Crippen molar-refractivity contribution in [3.05, 3.63) is 18.1 Å². The van der Waals surface area contributed by atoms with E-state index in [1.807, 2.05) is 6.07 Å². The van der Waals surface area contributed by atoms with Gasteiger partial charge in [-0.3, -0.25) is 0 Å². The van der Waals surface area contributed by atoms with E-state index in [-0.39, 0.29) is 22.9 Å². The fourth-order valence-corrected chi connectivity index (χ4v) is 5.56. The van der Waals surface area contributed by atoms with Gasteiger partial charge in [0.1, 0.15) is 12.2 Å². The van der Waals surface area contributed by atoms with E-state index in [0.29, 0.717) is 13.1 Å². The molecule has 0 bridgehead atoms. The Morgan fingerprint density at radius 1 is 1.12 bits per heavy atom. The van der Waals surface area contributed by atoms with Crippen molar-refractivity contribution in [2.24, 2.45) is 0 Å². The summed E-state index contributed by atoms with van der Waals surface area (Å²) in [5.41, 5.74) is 0.129. The zero-order chi connectivity index (χ0) is 17.0. The lowest BCUT2D eigenvalue weighted by molar-refractivity contribution is 0.123. The quantitative estimate of drug-likeness (QED) is 0.822. The molecule has 1 aromatic rings. The number of ether oxygens (including phenoxy) is 1. The van der Waals surface area contributed by atoms with Crippen molar-refractivity contribution < 1.29 is 13.2 Å². The van der Waals surface area contributed by atoms with Crippen LogP contribution >= 0.6 is 0 Å². The lowest BCUT2D eigenvalue weighted by Gasteiger charge is -2.35. The monoisotopic (exact) mass is 350 g/mol. The van der Waals surface area contributed by atoms with Crippen LogP contribution in [0.2, 0.25) is 0 Å². The number of hydrogen-bond acceptors (Lipinski definition) is 6. The van der Waals surface area contributed by atoms with Crippen LogP contribution in [0.5, 0.6) is 5.88 Å². The highest BCUT2D eigenvalue weighted by Gasteiger charge is 2.36. The van der Waals surface area contributed by atoms with Crippen molar-refractivity contribution in [2.75, 3.05) is 13.1 Å². The molecule has 0 spiro atoms. The Hall–Kier alpha value is -1.72. The van der Waals surface area contributed by atoms with E-state index in [0.717, 1.165) is 44.9 Å². The molecule has 8 heteroatoms. The molecular weight excluding hydrogens is 328 g/mol. The number of piperidine rings is 1. The summed E-state index contributed by atoms with van der Waals surface area (Å²) in [4.78, 5) is 7.97. The van der Waals surface area contributed by atoms with Crippen LogP contribution in [0.4, 0.5) is 0 Å². The topological polar surface area (TPSA) is 96.2 Å². The summed E-state index contributed by atoms with van der Waals surface area (Å²) in [5, 5.41) is 8.81. The highest BCUT2D eigenvalue weighted by Crippen LogP contribution is 2.28. The summed E-state index contributed by atoms with van der Waals surface area (Å²) >= 11 is 0. The predicted octanol–water partition coefficient (Wildman–Crippen LogP) is 1.85. The van der Waals surface area contributed by atoms with Gasteiger partial charge in [-0.25, -0.2) is 18.4 Å². The van der Waals surface area contributed by atoms with Crippen molar-refractivity contribution in [3.8, 4) is 11.9 Å². The van der Waals surface area contributed by atoms with Crippen LogP contribution in [0.3, 0.4) is 0 Å². The van der Waals surface area contributed by atoms with E-state index in [4.69, 9.17) is 10.00 Å². The molecule has 0 radical (unpaired) electrons. The predicted molar refractivity (Wildman–Crippen MR) is 87.8 cm³/mol. The first-order valence-electron chi connectivity index (χ1n) is 8.48. The Kier molecular flexibility index (Phi) is 5.31. The molecule has 1 atom stereocenters. The minimum Gasteiger partial charge on any atom is -0.471 e. The maximum absolute atomic E-state index is 12.9. The van der Waals surface area contributed by atoms with Gasteiger partial charge in [0.25, 0.3) is 5.88 Å². The van der Waals surface area contributed by atoms with Crippen molar-refractivity contribution >= 4 is 10.0 Å². The molecule has 130 valence electrons. The Balaban J connectivity index is 1.69. The summed E-state index contributed by atoms with van der Waals surface area (Å²) in [6, 6.07) is 1.95. The van der Waals surface area contributed by atoms with Crippen LogP contribution in [0, 0.1) is 11.3 Å². The zero-order valence-corrected chi connectivity index (χ0v) is 14.4. The molecule has 1 aliphatic carbocycles. The van der Waals surface area contributed by atoms with Crippen molar-refractivity contribution in [3.63, 3.8) is 0 Å². The molecule has 1 aliphatic heterocycles. The molecule has 3 rings (SSSR count). The molecule has 0 N–H and O–H groups in total. The third-order valence-electron chi connectivity index (χ3n) is 4.72. The summed E-state index contributed by atoms with van der Waals surface area (Å²) in [5.74, 6) is 0.182. The van der Waals surface area contributed by atoms with Gasteiger partial charge in [0.2, 0.25) is 15.7 Å². The van der Waals surface area contributed by atoms with Gasteiger partial charge in [0, 0.05) is 18.9 Å². The Labute approximate surface area is 142 Å². The molecule has 2 fully saturated rings. The third kappa shape index (κ3) is 3.68. The molecule has 2 aliphatic rings. The minimum atomic E-state index is -3.27. The summed E-state index contributed by atoms with van der Waals surface area (Å²) < 4.78 is 33.1. The summed E-state index contributed by atoms with van der Waals surface area (Å²) in [6.07, 6.45) is 8.73. The van der Waals surface area contributed by atoms with Crippen LogP contribution in [0.15, 0.2) is 12.4 Å². The normalized spacial score (nSPS) is 23.5. The van der Waals surface area contributed by atoms with Gasteiger partial charge in [-0.1, -0.05) is 19.3 Å². The van der Waals surface area contributed by atoms with E-state index < -0.39 is 10.0 Å². The van der Waals surface area contributed by atoms with Crippen molar-refractivity contribution in [2.45, 2.75) is 56.3 Å². The number of nitrogens with zero attached hydrogens (tertiary/aromatic N) is 4. The van der Waals surface area contributed by atoms with Gasteiger partial charge in [0.05, 0.1) is 11.8 Å². The largest absolute Gasteiger partial charge is 0.471 e. The second kappa shape index (κ2) is 7.45. The smallest absolute Gasteiger partial charge is 0.251 e. The fourth-order valence-electron chi connectivity index (χ4n) is 3.45. The molecule has 1 aromatic heterocycles. The van der Waals surface area contributed by atoms with E-state index in [2.05, 4.69) is 9.97 Å². The lowest BCUT2D eigenvalue weighted by atomic mass is 10.0. The zero-order valence-electron chi connectivity index (χ0n) is 13.6. The van der Waals surface area contributed by atoms with Gasteiger partial charge >= 0.3 is 0 Å². The Bertz CT molecular complexity index is 710. The van der Waals surface area contributed by atoms with E-state index in [1.165, 1.54) is 12.4 Å². The fraction of sp³-hybridized carbons (Fsp3) is 0.688. The number of nitriles is 1. The molecule has 24 heavy (non-hydrogen) atoms. The summed E-state index contributed by atoms with van der Waals surface area (Å²) in [7, 11) is -3.27. The van der Waals surface area contributed by atoms with Crippen LogP contribution in [-0.4, -0.2) is 47.1 Å². The molecular formula is C16H22N4O3S. The van der Waals surface area contributed by atoms with E-state index in [9.17, 15) is 8.42 Å². The van der Waals surface area contributed by atoms with Crippen LogP contribution in [-0.2, 0) is 10.0 Å².